The maximum absolute atomic E-state index is 13.7. The molecule has 4 amide bonds. The number of benzene rings is 3. The highest BCUT2D eigenvalue weighted by molar-refractivity contribution is 6.08. The molecule has 4 aromatic rings. The van der Waals surface area contributed by atoms with Gasteiger partial charge in [-0.05, 0) is 91.9 Å². The standard InChI is InChI=1S/C39H39F3N6O4/c1-25(49)45-31-14-18-48(24-31)38(52)29-9-6-8-27(20-29)37(51)46-34-12-11-32(47-16-3-2-4-17-47)22-33(34)35-21-28(13-15-43-35)36(50)44-23-26-7-5-10-30(19-26)39(40,41)42/h5-13,15,19-22,31H,2-4,14,16-18,23-24H2,1H3,(H,44,50)(H,45,49)(H,46,51)/t31-/m1/s1. The Bertz CT molecular complexity index is 1980. The smallest absolute Gasteiger partial charge is 0.372 e. The van der Waals surface area contributed by atoms with Crippen LogP contribution in [0.25, 0.3) is 11.3 Å². The molecule has 0 unspecified atom stereocenters. The number of piperidine rings is 1. The molecule has 0 saturated carbocycles. The molecule has 2 aliphatic heterocycles. The normalized spacial score (nSPS) is 16.0. The minimum atomic E-state index is -4.50. The molecule has 13 heteroatoms. The van der Waals surface area contributed by atoms with Crippen LogP contribution in [-0.4, -0.2) is 65.7 Å². The Balaban J connectivity index is 1.23. The van der Waals surface area contributed by atoms with Crippen LogP contribution in [0.3, 0.4) is 0 Å². The van der Waals surface area contributed by atoms with Crippen LogP contribution in [0, 0.1) is 0 Å². The second-order valence-corrected chi connectivity index (χ2v) is 13.1. The van der Waals surface area contributed by atoms with E-state index >= 15 is 0 Å². The predicted octanol–water partition coefficient (Wildman–Crippen LogP) is 6.29. The van der Waals surface area contributed by atoms with Crippen LogP contribution in [0.5, 0.6) is 0 Å². The van der Waals surface area contributed by atoms with Gasteiger partial charge < -0.3 is 25.8 Å². The highest BCUT2D eigenvalue weighted by atomic mass is 19.4. The molecule has 10 nitrogen and oxygen atoms in total. The first-order valence-corrected chi connectivity index (χ1v) is 17.2. The second kappa shape index (κ2) is 15.7. The van der Waals surface area contributed by atoms with E-state index in [1.165, 1.54) is 31.3 Å². The van der Waals surface area contributed by atoms with Gasteiger partial charge in [-0.25, -0.2) is 0 Å². The molecule has 2 fully saturated rings. The van der Waals surface area contributed by atoms with E-state index in [9.17, 15) is 32.3 Å². The molecule has 0 spiro atoms. The number of hydrogen-bond acceptors (Lipinski definition) is 6. The predicted molar refractivity (Wildman–Crippen MR) is 191 cm³/mol. The third kappa shape index (κ3) is 8.76. The average molecular weight is 713 g/mol. The van der Waals surface area contributed by atoms with Gasteiger partial charge in [0.1, 0.15) is 0 Å². The molecule has 270 valence electrons. The van der Waals surface area contributed by atoms with Crippen molar-refractivity contribution in [3.63, 3.8) is 0 Å². The number of hydrogen-bond donors (Lipinski definition) is 3. The molecule has 52 heavy (non-hydrogen) atoms. The number of rotatable bonds is 9. The topological polar surface area (TPSA) is 124 Å². The molecule has 0 bridgehead atoms. The minimum Gasteiger partial charge on any atom is -0.372 e. The zero-order valence-corrected chi connectivity index (χ0v) is 28.6. The van der Waals surface area contributed by atoms with E-state index < -0.39 is 23.6 Å². The summed E-state index contributed by atoms with van der Waals surface area (Å²) >= 11 is 0. The maximum Gasteiger partial charge on any atom is 0.416 e. The van der Waals surface area contributed by atoms with Crippen molar-refractivity contribution in [2.75, 3.05) is 36.4 Å². The zero-order valence-electron chi connectivity index (χ0n) is 28.6. The van der Waals surface area contributed by atoms with Crippen molar-refractivity contribution < 1.29 is 32.3 Å². The van der Waals surface area contributed by atoms with Crippen molar-refractivity contribution in [2.24, 2.45) is 0 Å². The van der Waals surface area contributed by atoms with E-state index in [0.29, 0.717) is 47.6 Å². The summed E-state index contributed by atoms with van der Waals surface area (Å²) in [5.74, 6) is -1.34. The number of halogens is 3. The molecule has 2 saturated heterocycles. The molecule has 6 rings (SSSR count). The number of carbonyl (C=O) groups excluding carboxylic acids is 4. The number of pyridine rings is 1. The molecule has 3 N–H and O–H groups in total. The van der Waals surface area contributed by atoms with Crippen molar-refractivity contribution >= 4 is 35.0 Å². The third-order valence-corrected chi connectivity index (χ3v) is 9.23. The van der Waals surface area contributed by atoms with Crippen LogP contribution in [0.1, 0.15) is 74.8 Å². The molecule has 1 aromatic heterocycles. The maximum atomic E-state index is 13.7. The lowest BCUT2D eigenvalue weighted by molar-refractivity contribution is -0.137. The number of likely N-dealkylation sites (tertiary alicyclic amines) is 1. The van der Waals surface area contributed by atoms with Crippen molar-refractivity contribution in [1.82, 2.24) is 20.5 Å². The van der Waals surface area contributed by atoms with Crippen LogP contribution >= 0.6 is 0 Å². The molecule has 0 aliphatic carbocycles. The number of aromatic nitrogens is 1. The first-order valence-electron chi connectivity index (χ1n) is 17.2. The number of nitrogens with zero attached hydrogens (tertiary/aromatic N) is 3. The van der Waals surface area contributed by atoms with Gasteiger partial charge in [0.2, 0.25) is 5.91 Å². The fourth-order valence-corrected chi connectivity index (χ4v) is 6.58. The summed E-state index contributed by atoms with van der Waals surface area (Å²) in [4.78, 5) is 60.1. The molecule has 3 aromatic carbocycles. The molecule has 0 radical (unpaired) electrons. The Morgan fingerprint density at radius 1 is 0.827 bits per heavy atom. The average Bonchev–Trinajstić information content (AvgIpc) is 3.61. The van der Waals surface area contributed by atoms with Gasteiger partial charge in [0.15, 0.2) is 0 Å². The summed E-state index contributed by atoms with van der Waals surface area (Å²) in [6.07, 6.45) is 0.864. The van der Waals surface area contributed by atoms with Crippen LogP contribution in [-0.2, 0) is 17.5 Å². The number of alkyl halides is 3. The third-order valence-electron chi connectivity index (χ3n) is 9.23. The molecular formula is C39H39F3N6O4. The zero-order chi connectivity index (χ0) is 36.8. The summed E-state index contributed by atoms with van der Waals surface area (Å²) in [7, 11) is 0. The summed E-state index contributed by atoms with van der Waals surface area (Å²) in [6.45, 7) is 3.96. The molecule has 2 aliphatic rings. The van der Waals surface area contributed by atoms with Gasteiger partial charge in [-0.1, -0.05) is 18.2 Å². The molecule has 3 heterocycles. The van der Waals surface area contributed by atoms with Crippen LogP contribution < -0.4 is 20.9 Å². The van der Waals surface area contributed by atoms with Crippen molar-refractivity contribution in [2.45, 2.75) is 51.4 Å². The first-order chi connectivity index (χ1) is 24.9. The minimum absolute atomic E-state index is 0.110. The fraction of sp³-hybridized carbons (Fsp3) is 0.308. The van der Waals surface area contributed by atoms with Gasteiger partial charge in [-0.3, -0.25) is 24.2 Å². The summed E-state index contributed by atoms with van der Waals surface area (Å²) < 4.78 is 39.6. The van der Waals surface area contributed by atoms with Gasteiger partial charge >= 0.3 is 6.18 Å². The van der Waals surface area contributed by atoms with E-state index in [1.54, 1.807) is 41.3 Å². The van der Waals surface area contributed by atoms with Crippen molar-refractivity contribution in [1.29, 1.82) is 0 Å². The number of amides is 4. The lowest BCUT2D eigenvalue weighted by Crippen LogP contribution is -2.37. The fourth-order valence-electron chi connectivity index (χ4n) is 6.58. The number of carbonyl (C=O) groups is 4. The SMILES string of the molecule is CC(=O)N[C@@H]1CCN(C(=O)c2cccc(C(=O)Nc3ccc(N4CCCCC4)cc3-c3cc(C(=O)NCc4cccc(C(F)(F)F)c4)ccn3)c2)C1. The van der Waals surface area contributed by atoms with E-state index in [2.05, 4.69) is 25.8 Å². The summed E-state index contributed by atoms with van der Waals surface area (Å²) in [5.41, 5.74) is 2.72. The van der Waals surface area contributed by atoms with E-state index in [1.807, 2.05) is 12.1 Å². The summed E-state index contributed by atoms with van der Waals surface area (Å²) in [6, 6.07) is 19.9. The highest BCUT2D eigenvalue weighted by Crippen LogP contribution is 2.34. The van der Waals surface area contributed by atoms with E-state index in [-0.39, 0.29) is 35.5 Å². The quantitative estimate of drug-likeness (QED) is 0.188. The summed E-state index contributed by atoms with van der Waals surface area (Å²) in [5, 5.41) is 8.50. The van der Waals surface area contributed by atoms with Crippen molar-refractivity contribution in [3.05, 3.63) is 113 Å². The van der Waals surface area contributed by atoms with Gasteiger partial charge in [0.05, 0.1) is 16.9 Å². The van der Waals surface area contributed by atoms with Crippen LogP contribution in [0.4, 0.5) is 24.5 Å². The van der Waals surface area contributed by atoms with Gasteiger partial charge in [-0.15, -0.1) is 0 Å². The lowest BCUT2D eigenvalue weighted by atomic mass is 10.0. The molecule has 1 atom stereocenters. The first kappa shape index (κ1) is 36.1. The Hall–Kier alpha value is -5.72. The Kier molecular flexibility index (Phi) is 10.9. The lowest BCUT2D eigenvalue weighted by Gasteiger charge is -2.29. The van der Waals surface area contributed by atoms with Crippen LogP contribution in [0.15, 0.2) is 85.1 Å². The highest BCUT2D eigenvalue weighted by Gasteiger charge is 2.30. The monoisotopic (exact) mass is 712 g/mol. The van der Waals surface area contributed by atoms with E-state index in [4.69, 9.17) is 0 Å². The largest absolute Gasteiger partial charge is 0.416 e. The Morgan fingerprint density at radius 2 is 1.58 bits per heavy atom. The van der Waals surface area contributed by atoms with Gasteiger partial charge in [-0.2, -0.15) is 13.2 Å². The van der Waals surface area contributed by atoms with Crippen molar-refractivity contribution in [3.8, 4) is 11.3 Å². The van der Waals surface area contributed by atoms with Crippen LogP contribution in [0.2, 0.25) is 0 Å². The van der Waals surface area contributed by atoms with Gasteiger partial charge in [0.25, 0.3) is 17.7 Å². The van der Waals surface area contributed by atoms with Gasteiger partial charge in [0, 0.05) is 79.8 Å². The Labute approximate surface area is 299 Å². The Morgan fingerprint density at radius 3 is 2.35 bits per heavy atom. The second-order valence-electron chi connectivity index (χ2n) is 13.1. The van der Waals surface area contributed by atoms with E-state index in [0.717, 1.165) is 50.2 Å². The number of anilines is 2. The molecular weight excluding hydrogens is 673 g/mol. The number of nitrogens with one attached hydrogen (secondary N) is 3.